The fourth-order valence-corrected chi connectivity index (χ4v) is 1.04. The average Bonchev–Trinajstić information content (AvgIpc) is 2.68. The minimum atomic E-state index is -1.39. The van der Waals surface area contributed by atoms with Crippen molar-refractivity contribution in [3.8, 4) is 0 Å². The summed E-state index contributed by atoms with van der Waals surface area (Å²) in [6.07, 6.45) is 2.55. The molecule has 16 heavy (non-hydrogen) atoms. The summed E-state index contributed by atoms with van der Waals surface area (Å²) in [6.45, 7) is 1.85. The zero-order valence-electron chi connectivity index (χ0n) is 8.75. The van der Waals surface area contributed by atoms with E-state index in [4.69, 9.17) is 5.11 Å². The zero-order chi connectivity index (χ0) is 12.0. The third-order valence-corrected chi connectivity index (χ3v) is 1.65. The van der Waals surface area contributed by atoms with Crippen LogP contribution in [0.5, 0.6) is 0 Å². The van der Waals surface area contributed by atoms with Crippen LogP contribution in [0.3, 0.4) is 0 Å². The van der Waals surface area contributed by atoms with E-state index in [1.165, 1.54) is 17.1 Å². The summed E-state index contributed by atoms with van der Waals surface area (Å²) in [5.74, 6) is -0.408. The van der Waals surface area contributed by atoms with Gasteiger partial charge in [-0.05, 0) is 12.5 Å². The van der Waals surface area contributed by atoms with E-state index in [0.717, 1.165) is 0 Å². The number of amides is 2. The predicted molar refractivity (Wildman–Crippen MR) is 56.1 cm³/mol. The van der Waals surface area contributed by atoms with E-state index in [2.05, 4.69) is 15.4 Å². The first-order chi connectivity index (χ1) is 7.63. The van der Waals surface area contributed by atoms with Crippen molar-refractivity contribution in [3.63, 3.8) is 0 Å². The number of hydrogen-bond acceptors (Lipinski definition) is 3. The Morgan fingerprint density at radius 2 is 2.31 bits per heavy atom. The molecule has 7 heteroatoms. The summed E-state index contributed by atoms with van der Waals surface area (Å²) in [6, 6.07) is 1.60. The molecule has 0 aliphatic carbocycles. The summed E-state index contributed by atoms with van der Waals surface area (Å²) >= 11 is 0. The van der Waals surface area contributed by atoms with Crippen molar-refractivity contribution >= 4 is 18.0 Å². The fraction of sp³-hybridized carbons (Fsp3) is 0.333. The van der Waals surface area contributed by atoms with Crippen LogP contribution in [0.15, 0.2) is 23.5 Å². The second kappa shape index (κ2) is 5.64. The van der Waals surface area contributed by atoms with Gasteiger partial charge in [0, 0.05) is 18.8 Å². The Bertz CT molecular complexity index is 397. The van der Waals surface area contributed by atoms with E-state index in [1.807, 2.05) is 6.92 Å². The van der Waals surface area contributed by atoms with Crippen molar-refractivity contribution in [2.45, 2.75) is 19.8 Å². The van der Waals surface area contributed by atoms with Gasteiger partial charge in [0.05, 0.1) is 0 Å². The van der Waals surface area contributed by atoms with Crippen LogP contribution in [0.25, 0.3) is 0 Å². The van der Waals surface area contributed by atoms with Gasteiger partial charge in [0.15, 0.2) is 0 Å². The maximum atomic E-state index is 11.3. The van der Waals surface area contributed by atoms with Crippen LogP contribution in [0.2, 0.25) is 0 Å². The second-order valence-electron chi connectivity index (χ2n) is 2.97. The molecule has 0 unspecified atom stereocenters. The van der Waals surface area contributed by atoms with Crippen molar-refractivity contribution in [1.82, 2.24) is 15.1 Å². The zero-order valence-corrected chi connectivity index (χ0v) is 8.75. The molecule has 1 heterocycles. The number of carbonyl (C=O) groups is 2. The van der Waals surface area contributed by atoms with Gasteiger partial charge in [-0.2, -0.15) is 5.10 Å². The summed E-state index contributed by atoms with van der Waals surface area (Å²) in [4.78, 5) is 25.0. The lowest BCUT2D eigenvalue weighted by Gasteiger charge is -2.06. The van der Waals surface area contributed by atoms with Gasteiger partial charge in [-0.3, -0.25) is 10.1 Å². The molecule has 7 nitrogen and oxygen atoms in total. The number of rotatable bonds is 2. The molecule has 1 aromatic rings. The molecule has 1 aromatic heterocycles. The molecule has 0 saturated carbocycles. The van der Waals surface area contributed by atoms with Crippen LogP contribution in [0.4, 0.5) is 4.79 Å². The summed E-state index contributed by atoms with van der Waals surface area (Å²) in [7, 11) is 0. The molecule has 0 aromatic carbocycles. The maximum Gasteiger partial charge on any atom is 0.434 e. The van der Waals surface area contributed by atoms with Gasteiger partial charge in [-0.25, -0.2) is 9.48 Å². The summed E-state index contributed by atoms with van der Waals surface area (Å²) in [5, 5.41) is 14.7. The molecule has 2 amide bonds. The maximum absolute atomic E-state index is 11.3. The van der Waals surface area contributed by atoms with E-state index >= 15 is 0 Å². The molecule has 0 saturated heterocycles. The lowest BCUT2D eigenvalue weighted by molar-refractivity contribution is -0.119. The second-order valence-corrected chi connectivity index (χ2v) is 2.97. The SMILES string of the molecule is CCCC(=O)NC(=NC(=O)O)n1cccn1. The van der Waals surface area contributed by atoms with E-state index < -0.39 is 6.09 Å². The van der Waals surface area contributed by atoms with Crippen molar-refractivity contribution in [1.29, 1.82) is 0 Å². The molecule has 2 N–H and O–H groups in total. The standard InChI is InChI=1S/C9H12N4O3/c1-2-4-7(14)11-8(12-9(15)16)13-6-3-5-10-13/h3,5-6H,2,4H2,1H3,(H,15,16)(H,11,12,14). The molecule has 86 valence electrons. The van der Waals surface area contributed by atoms with Gasteiger partial charge in [-0.15, -0.1) is 4.99 Å². The largest absolute Gasteiger partial charge is 0.463 e. The van der Waals surface area contributed by atoms with Crippen LogP contribution in [-0.4, -0.2) is 32.8 Å². The number of carboxylic acid groups (broad SMARTS) is 1. The highest BCUT2D eigenvalue weighted by Crippen LogP contribution is 1.90. The predicted octanol–water partition coefficient (Wildman–Crippen LogP) is 0.681. The molecule has 0 bridgehead atoms. The number of nitrogens with one attached hydrogen (secondary N) is 1. The lowest BCUT2D eigenvalue weighted by atomic mass is 10.3. The van der Waals surface area contributed by atoms with Crippen LogP contribution < -0.4 is 5.32 Å². The Labute approximate surface area is 91.8 Å². The molecule has 0 radical (unpaired) electrons. The number of carbonyl (C=O) groups excluding carboxylic acids is 1. The Balaban J connectivity index is 2.82. The highest BCUT2D eigenvalue weighted by atomic mass is 16.4. The van der Waals surface area contributed by atoms with Crippen molar-refractivity contribution in [2.24, 2.45) is 4.99 Å². The van der Waals surface area contributed by atoms with Gasteiger partial charge >= 0.3 is 6.09 Å². The molecule has 0 fully saturated rings. The number of hydrogen-bond donors (Lipinski definition) is 2. The fourth-order valence-electron chi connectivity index (χ4n) is 1.04. The number of aliphatic imine (C=N–C) groups is 1. The quantitative estimate of drug-likeness (QED) is 0.570. The minimum Gasteiger partial charge on any atom is -0.463 e. The van der Waals surface area contributed by atoms with Crippen molar-refractivity contribution < 1.29 is 14.7 Å². The summed E-state index contributed by atoms with van der Waals surface area (Å²) in [5.41, 5.74) is 0. The number of nitrogens with zero attached hydrogens (tertiary/aromatic N) is 3. The molecule has 0 aliphatic rings. The molecular formula is C9H12N4O3. The molecule has 1 rings (SSSR count). The molecule has 0 spiro atoms. The highest BCUT2D eigenvalue weighted by molar-refractivity contribution is 6.01. The average molecular weight is 224 g/mol. The van der Waals surface area contributed by atoms with E-state index in [9.17, 15) is 9.59 Å². The molecule has 0 atom stereocenters. The first kappa shape index (κ1) is 11.9. The van der Waals surface area contributed by atoms with Gasteiger partial charge in [-0.1, -0.05) is 6.92 Å². The van der Waals surface area contributed by atoms with Gasteiger partial charge < -0.3 is 5.11 Å². The monoisotopic (exact) mass is 224 g/mol. The van der Waals surface area contributed by atoms with Gasteiger partial charge in [0.25, 0.3) is 0 Å². The third kappa shape index (κ3) is 3.52. The Morgan fingerprint density at radius 1 is 1.56 bits per heavy atom. The Morgan fingerprint density at radius 3 is 2.81 bits per heavy atom. The topological polar surface area (TPSA) is 96.6 Å². The Hall–Kier alpha value is -2.18. The van der Waals surface area contributed by atoms with Crippen LogP contribution >= 0.6 is 0 Å². The Kier molecular flexibility index (Phi) is 4.19. The summed E-state index contributed by atoms with van der Waals surface area (Å²) < 4.78 is 1.18. The van der Waals surface area contributed by atoms with Crippen LogP contribution in [0, 0.1) is 0 Å². The van der Waals surface area contributed by atoms with Crippen LogP contribution in [0.1, 0.15) is 19.8 Å². The van der Waals surface area contributed by atoms with Crippen molar-refractivity contribution in [3.05, 3.63) is 18.5 Å². The van der Waals surface area contributed by atoms with E-state index in [0.29, 0.717) is 12.8 Å². The van der Waals surface area contributed by atoms with Gasteiger partial charge in [0.2, 0.25) is 11.9 Å². The van der Waals surface area contributed by atoms with Crippen LogP contribution in [-0.2, 0) is 4.79 Å². The minimum absolute atomic E-state index is 0.115. The lowest BCUT2D eigenvalue weighted by Crippen LogP contribution is -2.36. The van der Waals surface area contributed by atoms with E-state index in [-0.39, 0.29) is 11.9 Å². The molecule has 0 aliphatic heterocycles. The van der Waals surface area contributed by atoms with Gasteiger partial charge in [0.1, 0.15) is 0 Å². The van der Waals surface area contributed by atoms with Crippen molar-refractivity contribution in [2.75, 3.05) is 0 Å². The smallest absolute Gasteiger partial charge is 0.434 e. The van der Waals surface area contributed by atoms with E-state index in [1.54, 1.807) is 6.07 Å². The highest BCUT2D eigenvalue weighted by Gasteiger charge is 2.09. The first-order valence-electron chi connectivity index (χ1n) is 4.75. The first-order valence-corrected chi connectivity index (χ1v) is 4.75. The normalized spacial score (nSPS) is 11.2. The third-order valence-electron chi connectivity index (χ3n) is 1.65. The number of aromatic nitrogens is 2. The molecular weight excluding hydrogens is 212 g/mol.